The largest absolute Gasteiger partial charge is 0.338 e. The number of rotatable bonds is 2. The second kappa shape index (κ2) is 5.67. The molecule has 1 aromatic heterocycles. The number of hydrogen-bond acceptors (Lipinski definition) is 3. The fourth-order valence-electron chi connectivity index (χ4n) is 1.89. The van der Waals surface area contributed by atoms with E-state index in [1.54, 1.807) is 17.1 Å². The van der Waals surface area contributed by atoms with E-state index in [4.69, 9.17) is 17.3 Å². The summed E-state index contributed by atoms with van der Waals surface area (Å²) in [6.07, 6.45) is 5.40. The number of amides is 1. The third-order valence-electron chi connectivity index (χ3n) is 2.75. The van der Waals surface area contributed by atoms with Gasteiger partial charge in [-0.3, -0.25) is 4.79 Å². The van der Waals surface area contributed by atoms with Crippen molar-refractivity contribution in [1.82, 2.24) is 4.90 Å². The Bertz CT molecular complexity index is 430. The van der Waals surface area contributed by atoms with Gasteiger partial charge in [-0.05, 0) is 31.1 Å². The summed E-state index contributed by atoms with van der Waals surface area (Å²) in [7, 11) is 0. The summed E-state index contributed by atoms with van der Waals surface area (Å²) in [4.78, 5) is 14.7. The minimum Gasteiger partial charge on any atom is -0.338 e. The predicted octanol–water partition coefficient (Wildman–Crippen LogP) is 2.36. The lowest BCUT2D eigenvalue weighted by Gasteiger charge is -2.29. The zero-order valence-corrected chi connectivity index (χ0v) is 11.0. The van der Waals surface area contributed by atoms with Crippen LogP contribution >= 0.6 is 22.9 Å². The third-order valence-corrected chi connectivity index (χ3v) is 3.95. The molecular formula is C12H15ClN2OS. The van der Waals surface area contributed by atoms with Gasteiger partial charge in [-0.1, -0.05) is 11.6 Å². The van der Waals surface area contributed by atoms with Crippen molar-refractivity contribution < 1.29 is 4.79 Å². The van der Waals surface area contributed by atoms with Crippen LogP contribution in [0.3, 0.4) is 0 Å². The number of nitrogens with two attached hydrogens (primary N) is 1. The quantitative estimate of drug-likeness (QED) is 0.839. The summed E-state index contributed by atoms with van der Waals surface area (Å²) >= 11 is 7.28. The minimum atomic E-state index is 0.0321. The van der Waals surface area contributed by atoms with Crippen LogP contribution in [0, 0.1) is 0 Å². The fraction of sp³-hybridized carbons (Fsp3) is 0.417. The Morgan fingerprint density at radius 2 is 2.41 bits per heavy atom. The van der Waals surface area contributed by atoms with Crippen molar-refractivity contribution in [2.24, 2.45) is 5.73 Å². The highest BCUT2D eigenvalue weighted by Crippen LogP contribution is 2.22. The molecule has 92 valence electrons. The lowest BCUT2D eigenvalue weighted by Crippen LogP contribution is -2.45. The van der Waals surface area contributed by atoms with E-state index in [0.29, 0.717) is 6.54 Å². The summed E-state index contributed by atoms with van der Waals surface area (Å²) in [6, 6.07) is 3.85. The average molecular weight is 271 g/mol. The molecule has 1 aromatic rings. The van der Waals surface area contributed by atoms with Gasteiger partial charge in [0.1, 0.15) is 0 Å². The van der Waals surface area contributed by atoms with Crippen LogP contribution in [0.1, 0.15) is 17.7 Å². The second-order valence-electron chi connectivity index (χ2n) is 4.16. The first-order valence-electron chi connectivity index (χ1n) is 5.63. The van der Waals surface area contributed by atoms with E-state index in [2.05, 4.69) is 0 Å². The van der Waals surface area contributed by atoms with Crippen molar-refractivity contribution in [2.75, 3.05) is 13.1 Å². The molecule has 3 nitrogen and oxygen atoms in total. The van der Waals surface area contributed by atoms with E-state index in [9.17, 15) is 4.79 Å². The summed E-state index contributed by atoms with van der Waals surface area (Å²) in [5.74, 6) is 0.0321. The molecule has 17 heavy (non-hydrogen) atoms. The van der Waals surface area contributed by atoms with Crippen LogP contribution in [0.15, 0.2) is 18.2 Å². The smallest absolute Gasteiger partial charge is 0.246 e. The molecule has 0 bridgehead atoms. The highest BCUT2D eigenvalue weighted by molar-refractivity contribution is 7.17. The number of likely N-dealkylation sites (tertiary alicyclic amines) is 1. The van der Waals surface area contributed by atoms with Crippen molar-refractivity contribution in [3.05, 3.63) is 27.4 Å². The zero-order valence-electron chi connectivity index (χ0n) is 9.43. The van der Waals surface area contributed by atoms with Crippen LogP contribution in [0.4, 0.5) is 0 Å². The molecule has 1 aliphatic rings. The monoisotopic (exact) mass is 270 g/mol. The first-order valence-corrected chi connectivity index (χ1v) is 6.82. The molecule has 0 aromatic carbocycles. The SMILES string of the molecule is NC1CCCN(C(=O)C=Cc2ccc(Cl)s2)C1. The molecule has 1 saturated heterocycles. The molecule has 0 radical (unpaired) electrons. The van der Waals surface area contributed by atoms with Crippen LogP contribution < -0.4 is 5.73 Å². The molecular weight excluding hydrogens is 256 g/mol. The first kappa shape index (κ1) is 12.6. The van der Waals surface area contributed by atoms with Gasteiger partial charge in [0.15, 0.2) is 0 Å². The lowest BCUT2D eigenvalue weighted by molar-refractivity contribution is -0.127. The zero-order chi connectivity index (χ0) is 12.3. The predicted molar refractivity (Wildman–Crippen MR) is 72.2 cm³/mol. The van der Waals surface area contributed by atoms with Crippen molar-refractivity contribution in [3.63, 3.8) is 0 Å². The molecule has 0 spiro atoms. The van der Waals surface area contributed by atoms with Gasteiger partial charge in [-0.25, -0.2) is 0 Å². The molecule has 2 rings (SSSR count). The van der Waals surface area contributed by atoms with Gasteiger partial charge < -0.3 is 10.6 Å². The minimum absolute atomic E-state index is 0.0321. The van der Waals surface area contributed by atoms with Gasteiger partial charge in [0.05, 0.1) is 4.34 Å². The van der Waals surface area contributed by atoms with E-state index >= 15 is 0 Å². The van der Waals surface area contributed by atoms with E-state index in [0.717, 1.165) is 28.6 Å². The second-order valence-corrected chi connectivity index (χ2v) is 5.91. The van der Waals surface area contributed by atoms with Crippen molar-refractivity contribution in [2.45, 2.75) is 18.9 Å². The number of thiophene rings is 1. The van der Waals surface area contributed by atoms with E-state index in [1.165, 1.54) is 11.3 Å². The number of halogens is 1. The molecule has 1 amide bonds. The number of nitrogens with zero attached hydrogens (tertiary/aromatic N) is 1. The maximum absolute atomic E-state index is 11.9. The summed E-state index contributed by atoms with van der Waals surface area (Å²) in [5, 5.41) is 0. The van der Waals surface area contributed by atoms with Gasteiger partial charge in [-0.15, -0.1) is 11.3 Å². The molecule has 2 N–H and O–H groups in total. The van der Waals surface area contributed by atoms with Gasteiger partial charge in [0, 0.05) is 30.1 Å². The van der Waals surface area contributed by atoms with Gasteiger partial charge >= 0.3 is 0 Å². The normalized spacial score (nSPS) is 21.1. The highest BCUT2D eigenvalue weighted by Gasteiger charge is 2.19. The molecule has 5 heteroatoms. The van der Waals surface area contributed by atoms with E-state index in [-0.39, 0.29) is 11.9 Å². The van der Waals surface area contributed by atoms with Gasteiger partial charge in [0.25, 0.3) is 0 Å². The van der Waals surface area contributed by atoms with E-state index in [1.807, 2.05) is 12.1 Å². The van der Waals surface area contributed by atoms with Gasteiger partial charge in [-0.2, -0.15) is 0 Å². The Hall–Kier alpha value is -0.840. The molecule has 1 aliphatic heterocycles. The summed E-state index contributed by atoms with van der Waals surface area (Å²) < 4.78 is 0.733. The topological polar surface area (TPSA) is 46.3 Å². The summed E-state index contributed by atoms with van der Waals surface area (Å²) in [6.45, 7) is 1.47. The van der Waals surface area contributed by atoms with Crippen LogP contribution in [0.25, 0.3) is 6.08 Å². The van der Waals surface area contributed by atoms with Crippen LogP contribution in [-0.4, -0.2) is 29.9 Å². The summed E-state index contributed by atoms with van der Waals surface area (Å²) in [5.41, 5.74) is 5.84. The van der Waals surface area contributed by atoms with Crippen LogP contribution in [-0.2, 0) is 4.79 Å². The maximum atomic E-state index is 11.9. The Morgan fingerprint density at radius 3 is 3.06 bits per heavy atom. The molecule has 0 aliphatic carbocycles. The van der Waals surface area contributed by atoms with Crippen molar-refractivity contribution in [1.29, 1.82) is 0 Å². The molecule has 1 unspecified atom stereocenters. The maximum Gasteiger partial charge on any atom is 0.246 e. The Kier molecular flexibility index (Phi) is 4.20. The first-order chi connectivity index (χ1) is 8.15. The lowest BCUT2D eigenvalue weighted by atomic mass is 10.1. The molecule has 1 fully saturated rings. The Morgan fingerprint density at radius 1 is 1.59 bits per heavy atom. The number of piperidine rings is 1. The van der Waals surface area contributed by atoms with Crippen LogP contribution in [0.2, 0.25) is 4.34 Å². The highest BCUT2D eigenvalue weighted by atomic mass is 35.5. The number of hydrogen-bond donors (Lipinski definition) is 1. The standard InChI is InChI=1S/C12H15ClN2OS/c13-11-5-3-10(17-11)4-6-12(16)15-7-1-2-9(14)8-15/h3-6,9H,1-2,7-8,14H2. The average Bonchev–Trinajstić information content (AvgIpc) is 2.72. The van der Waals surface area contributed by atoms with Gasteiger partial charge in [0.2, 0.25) is 5.91 Å². The van der Waals surface area contributed by atoms with E-state index < -0.39 is 0 Å². The third kappa shape index (κ3) is 3.56. The fourth-order valence-corrected chi connectivity index (χ4v) is 2.85. The Labute approximate surface area is 110 Å². The molecule has 2 heterocycles. The number of carbonyl (C=O) groups excluding carboxylic acids is 1. The number of carbonyl (C=O) groups is 1. The van der Waals surface area contributed by atoms with Crippen LogP contribution in [0.5, 0.6) is 0 Å². The Balaban J connectivity index is 1.94. The van der Waals surface area contributed by atoms with Crippen molar-refractivity contribution >= 4 is 34.9 Å². The molecule has 1 atom stereocenters. The van der Waals surface area contributed by atoms with Crippen molar-refractivity contribution in [3.8, 4) is 0 Å². The molecule has 0 saturated carbocycles.